The van der Waals surface area contributed by atoms with Crippen molar-refractivity contribution in [1.82, 2.24) is 0 Å². The van der Waals surface area contributed by atoms with E-state index in [1.165, 1.54) is 13.8 Å². The van der Waals surface area contributed by atoms with Gasteiger partial charge in [0.15, 0.2) is 6.10 Å². The molecule has 128 valence electrons. The van der Waals surface area contributed by atoms with Crippen molar-refractivity contribution < 1.29 is 22.7 Å². The molecule has 0 heterocycles. The first-order valence-electron chi connectivity index (χ1n) is 6.81. The number of ether oxygens (including phenoxy) is 1. The van der Waals surface area contributed by atoms with Crippen molar-refractivity contribution in [2.24, 2.45) is 17.3 Å². The molecule has 0 bridgehead atoms. The summed E-state index contributed by atoms with van der Waals surface area (Å²) >= 11 is 6.49. The second-order valence-corrected chi connectivity index (χ2v) is 8.70. The van der Waals surface area contributed by atoms with E-state index in [-0.39, 0.29) is 23.0 Å². The summed E-state index contributed by atoms with van der Waals surface area (Å²) in [5.74, 6) is 4.01. The quantitative estimate of drug-likeness (QED) is 0.324. The van der Waals surface area contributed by atoms with Crippen molar-refractivity contribution >= 4 is 37.8 Å². The van der Waals surface area contributed by atoms with Gasteiger partial charge in [-0.05, 0) is 62.6 Å². The first kappa shape index (κ1) is 20.3. The zero-order chi connectivity index (χ0) is 18.0. The summed E-state index contributed by atoms with van der Waals surface area (Å²) in [5, 5.41) is 0. The van der Waals surface area contributed by atoms with E-state index in [9.17, 15) is 18.0 Å². The minimum Gasteiger partial charge on any atom is -0.444 e. The molecular formula is C16H17Br2F3O2. The Bertz CT molecular complexity index is 591. The zero-order valence-corrected chi connectivity index (χ0v) is 16.3. The summed E-state index contributed by atoms with van der Waals surface area (Å²) in [4.78, 5) is 12.3. The zero-order valence-electron chi connectivity index (χ0n) is 13.1. The van der Waals surface area contributed by atoms with E-state index >= 15 is 0 Å². The van der Waals surface area contributed by atoms with Gasteiger partial charge in [0, 0.05) is 6.08 Å². The molecule has 1 aliphatic carbocycles. The molecule has 1 fully saturated rings. The normalized spacial score (nSPS) is 24.1. The Kier molecular flexibility index (Phi) is 6.56. The van der Waals surface area contributed by atoms with Crippen LogP contribution in [-0.4, -0.2) is 18.2 Å². The van der Waals surface area contributed by atoms with Gasteiger partial charge in [0.25, 0.3) is 0 Å². The van der Waals surface area contributed by atoms with Crippen LogP contribution in [0.5, 0.6) is 0 Å². The van der Waals surface area contributed by atoms with E-state index in [2.05, 4.69) is 43.7 Å². The van der Waals surface area contributed by atoms with E-state index in [0.717, 1.165) is 3.39 Å². The van der Waals surface area contributed by atoms with E-state index < -0.39 is 24.2 Å². The van der Waals surface area contributed by atoms with Crippen LogP contribution in [0.25, 0.3) is 0 Å². The molecule has 1 rings (SSSR count). The van der Waals surface area contributed by atoms with Gasteiger partial charge in [-0.3, -0.25) is 4.79 Å². The van der Waals surface area contributed by atoms with Gasteiger partial charge in [0.2, 0.25) is 0 Å². The van der Waals surface area contributed by atoms with E-state index in [1.54, 1.807) is 0 Å². The number of carbonyl (C=O) groups is 1. The maximum absolute atomic E-state index is 12.5. The molecule has 0 aromatic heterocycles. The summed E-state index contributed by atoms with van der Waals surface area (Å²) in [7, 11) is 0. The summed E-state index contributed by atoms with van der Waals surface area (Å²) in [5.41, 5.74) is -0.456. The minimum atomic E-state index is -4.48. The van der Waals surface area contributed by atoms with Crippen LogP contribution in [0.4, 0.5) is 13.2 Å². The second-order valence-electron chi connectivity index (χ2n) is 5.92. The van der Waals surface area contributed by atoms with Crippen LogP contribution >= 0.6 is 31.9 Å². The van der Waals surface area contributed by atoms with E-state index in [4.69, 9.17) is 4.74 Å². The van der Waals surface area contributed by atoms with Crippen LogP contribution in [0.3, 0.4) is 0 Å². The lowest BCUT2D eigenvalue weighted by molar-refractivity contribution is -0.148. The lowest BCUT2D eigenvalue weighted by atomic mass is 10.1. The Labute approximate surface area is 150 Å². The van der Waals surface area contributed by atoms with E-state index in [0.29, 0.717) is 0 Å². The molecule has 0 aliphatic heterocycles. The summed E-state index contributed by atoms with van der Waals surface area (Å²) in [6.45, 7) is 6.54. The highest BCUT2D eigenvalue weighted by molar-refractivity contribution is 9.28. The van der Waals surface area contributed by atoms with Crippen LogP contribution in [0.1, 0.15) is 27.7 Å². The first-order chi connectivity index (χ1) is 10.4. The number of alkyl halides is 3. The Morgan fingerprint density at radius 1 is 1.35 bits per heavy atom. The lowest BCUT2D eigenvalue weighted by Gasteiger charge is -2.14. The monoisotopic (exact) mass is 456 g/mol. The van der Waals surface area contributed by atoms with Gasteiger partial charge >= 0.3 is 12.1 Å². The van der Waals surface area contributed by atoms with Gasteiger partial charge in [0.1, 0.15) is 0 Å². The Morgan fingerprint density at radius 2 is 1.91 bits per heavy atom. The number of allylic oxidation sites excluding steroid dienone is 2. The molecule has 0 amide bonds. The van der Waals surface area contributed by atoms with E-state index in [1.807, 2.05) is 19.9 Å². The third-order valence-electron chi connectivity index (χ3n) is 3.78. The molecule has 23 heavy (non-hydrogen) atoms. The fourth-order valence-electron chi connectivity index (χ4n) is 2.47. The third kappa shape index (κ3) is 5.68. The van der Waals surface area contributed by atoms with Gasteiger partial charge in [-0.1, -0.05) is 25.8 Å². The number of esters is 1. The molecule has 0 radical (unpaired) electrons. The summed E-state index contributed by atoms with van der Waals surface area (Å²) in [6.07, 6.45) is -3.72. The number of hydrogen-bond donors (Lipinski definition) is 0. The predicted octanol–water partition coefficient (Wildman–Crippen LogP) is 5.33. The highest BCUT2D eigenvalue weighted by Crippen LogP contribution is 2.60. The fraction of sp³-hybridized carbons (Fsp3) is 0.562. The number of hydrogen-bond acceptors (Lipinski definition) is 2. The Hall–Kier alpha value is -0.740. The molecule has 1 saturated carbocycles. The molecule has 0 saturated heterocycles. The van der Waals surface area contributed by atoms with Gasteiger partial charge in [-0.25, -0.2) is 0 Å². The number of halogens is 5. The average Bonchev–Trinajstić information content (AvgIpc) is 2.87. The van der Waals surface area contributed by atoms with Crippen molar-refractivity contribution in [1.29, 1.82) is 0 Å². The van der Waals surface area contributed by atoms with Gasteiger partial charge in [-0.2, -0.15) is 13.2 Å². The predicted molar refractivity (Wildman–Crippen MR) is 89.8 cm³/mol. The largest absolute Gasteiger partial charge is 0.444 e. The highest BCUT2D eigenvalue weighted by atomic mass is 79.9. The molecule has 3 unspecified atom stereocenters. The Morgan fingerprint density at radius 3 is 2.35 bits per heavy atom. The van der Waals surface area contributed by atoms with Crippen LogP contribution < -0.4 is 0 Å². The number of rotatable bonds is 4. The first-order valence-corrected chi connectivity index (χ1v) is 8.40. The van der Waals surface area contributed by atoms with Gasteiger partial charge in [0.05, 0.1) is 9.31 Å². The average molecular weight is 458 g/mol. The van der Waals surface area contributed by atoms with Crippen molar-refractivity contribution in [3.05, 3.63) is 21.1 Å². The van der Waals surface area contributed by atoms with Crippen molar-refractivity contribution in [2.45, 2.75) is 40.0 Å². The molecule has 0 aromatic rings. The molecule has 3 atom stereocenters. The molecule has 7 heteroatoms. The molecule has 0 N–H and O–H groups in total. The molecule has 2 nitrogen and oxygen atoms in total. The van der Waals surface area contributed by atoms with Crippen molar-refractivity contribution in [3.63, 3.8) is 0 Å². The lowest BCUT2D eigenvalue weighted by Crippen LogP contribution is -2.22. The fourth-order valence-corrected chi connectivity index (χ4v) is 3.03. The Balaban J connectivity index is 2.90. The minimum absolute atomic E-state index is 0.0501. The van der Waals surface area contributed by atoms with Gasteiger partial charge < -0.3 is 4.74 Å². The van der Waals surface area contributed by atoms with Crippen LogP contribution in [0, 0.1) is 29.1 Å². The summed E-state index contributed by atoms with van der Waals surface area (Å²) < 4.78 is 43.3. The van der Waals surface area contributed by atoms with Crippen molar-refractivity contribution in [2.75, 3.05) is 0 Å². The third-order valence-corrected chi connectivity index (χ3v) is 4.31. The second kappa shape index (κ2) is 7.43. The molecule has 0 aromatic carbocycles. The van der Waals surface area contributed by atoms with Crippen LogP contribution in [0.15, 0.2) is 21.1 Å². The SMILES string of the molecule is CC#CC(OC(=O)C1C(C=C(Br)Br)C1(C)C)/C(C)=C/C(F)(F)F. The van der Waals surface area contributed by atoms with Gasteiger partial charge in [-0.15, -0.1) is 5.92 Å². The molecular weight excluding hydrogens is 441 g/mol. The number of carbonyl (C=O) groups excluding carboxylic acids is 1. The molecule has 0 spiro atoms. The van der Waals surface area contributed by atoms with Crippen LogP contribution in [0.2, 0.25) is 0 Å². The maximum Gasteiger partial charge on any atom is 0.409 e. The maximum atomic E-state index is 12.5. The smallest absolute Gasteiger partial charge is 0.409 e. The molecule has 1 aliphatic rings. The highest BCUT2D eigenvalue weighted by Gasteiger charge is 2.61. The van der Waals surface area contributed by atoms with Crippen LogP contribution in [-0.2, 0) is 9.53 Å². The summed E-state index contributed by atoms with van der Waals surface area (Å²) in [6, 6.07) is 0. The topological polar surface area (TPSA) is 26.3 Å². The standard InChI is InChI=1S/C16H17Br2F3O2/c1-5-6-11(9(2)8-16(19,20)21)23-14(22)13-10(7-12(17)18)15(13,3)4/h7-8,10-11,13H,1-4H3/b9-8+. The van der Waals surface area contributed by atoms with Crippen molar-refractivity contribution in [3.8, 4) is 11.8 Å².